The van der Waals surface area contributed by atoms with Crippen molar-refractivity contribution in [1.82, 2.24) is 5.32 Å². The van der Waals surface area contributed by atoms with Gasteiger partial charge in [0.2, 0.25) is 0 Å². The summed E-state index contributed by atoms with van der Waals surface area (Å²) in [5.74, 6) is 0. The molecule has 1 N–H and O–H groups in total. The van der Waals surface area contributed by atoms with E-state index in [0.29, 0.717) is 19.6 Å². The number of hydrogen-bond donors (Lipinski definition) is 1. The van der Waals surface area contributed by atoms with Crippen LogP contribution in [0.15, 0.2) is 116 Å². The molecule has 3 atom stereocenters. The normalized spacial score (nSPS) is 13.7. The summed E-state index contributed by atoms with van der Waals surface area (Å²) in [5, 5.41) is 3.69. The van der Waals surface area contributed by atoms with E-state index in [1.165, 1.54) is 5.56 Å². The van der Waals surface area contributed by atoms with Crippen molar-refractivity contribution in [2.75, 3.05) is 0 Å². The first-order chi connectivity index (χ1) is 16.3. The third kappa shape index (κ3) is 8.82. The minimum Gasteiger partial charge on any atom is -0.372 e. The third-order valence-corrected chi connectivity index (χ3v) is 5.62. The second-order valence-electron chi connectivity index (χ2n) is 8.14. The van der Waals surface area contributed by atoms with Crippen LogP contribution in [0.1, 0.15) is 29.5 Å². The van der Waals surface area contributed by atoms with E-state index in [2.05, 4.69) is 67.0 Å². The Morgan fingerprint density at radius 3 is 1.73 bits per heavy atom. The van der Waals surface area contributed by atoms with Crippen LogP contribution < -0.4 is 5.32 Å². The maximum atomic E-state index is 6.48. The van der Waals surface area contributed by atoms with E-state index in [4.69, 9.17) is 9.47 Å². The van der Waals surface area contributed by atoms with Gasteiger partial charge in [-0.15, -0.1) is 13.2 Å². The first-order valence-corrected chi connectivity index (χ1v) is 11.6. The quantitative estimate of drug-likeness (QED) is 0.274. The van der Waals surface area contributed by atoms with Crippen molar-refractivity contribution in [3.05, 3.63) is 133 Å². The highest BCUT2D eigenvalue weighted by atomic mass is 16.5. The molecule has 0 fully saturated rings. The third-order valence-electron chi connectivity index (χ3n) is 5.62. The van der Waals surface area contributed by atoms with Crippen LogP contribution in [0.25, 0.3) is 0 Å². The summed E-state index contributed by atoms with van der Waals surface area (Å²) in [4.78, 5) is 0. The van der Waals surface area contributed by atoms with Crippen LogP contribution in [-0.2, 0) is 29.2 Å². The molecule has 3 aromatic carbocycles. The van der Waals surface area contributed by atoms with E-state index in [9.17, 15) is 0 Å². The van der Waals surface area contributed by atoms with Gasteiger partial charge in [-0.2, -0.15) is 0 Å². The average Bonchev–Trinajstić information content (AvgIpc) is 2.88. The van der Waals surface area contributed by atoms with Crippen LogP contribution in [0.5, 0.6) is 0 Å². The van der Waals surface area contributed by atoms with Gasteiger partial charge >= 0.3 is 0 Å². The van der Waals surface area contributed by atoms with Crippen molar-refractivity contribution in [3.8, 4) is 0 Å². The number of benzene rings is 3. The molecule has 0 aromatic heterocycles. The Kier molecular flexibility index (Phi) is 10.6. The fourth-order valence-electron chi connectivity index (χ4n) is 3.76. The van der Waals surface area contributed by atoms with Crippen molar-refractivity contribution < 1.29 is 9.47 Å². The molecule has 0 radical (unpaired) electrons. The molecule has 0 bridgehead atoms. The Morgan fingerprint density at radius 1 is 0.697 bits per heavy atom. The van der Waals surface area contributed by atoms with Crippen molar-refractivity contribution in [2.24, 2.45) is 0 Å². The zero-order valence-corrected chi connectivity index (χ0v) is 19.3. The maximum Gasteiger partial charge on any atom is 0.0783 e. The van der Waals surface area contributed by atoms with Crippen molar-refractivity contribution in [1.29, 1.82) is 0 Å². The lowest BCUT2D eigenvalue weighted by atomic mass is 10.00. The molecule has 0 heterocycles. The lowest BCUT2D eigenvalue weighted by molar-refractivity contribution is -0.0294. The van der Waals surface area contributed by atoms with Crippen LogP contribution in [-0.4, -0.2) is 18.2 Å². The van der Waals surface area contributed by atoms with Gasteiger partial charge < -0.3 is 14.8 Å². The van der Waals surface area contributed by atoms with E-state index < -0.39 is 0 Å². The van der Waals surface area contributed by atoms with Gasteiger partial charge in [-0.05, 0) is 23.1 Å². The lowest BCUT2D eigenvalue weighted by Crippen LogP contribution is -2.42. The SMILES string of the molecule is C=CC[C@@H](NCc1ccccc1)[C@H](C[C@@H](C=C)OCc1ccccc1)OCc1ccccc1. The van der Waals surface area contributed by atoms with Crippen LogP contribution in [0.2, 0.25) is 0 Å². The molecule has 0 spiro atoms. The summed E-state index contributed by atoms with van der Waals surface area (Å²) in [5.41, 5.74) is 3.55. The van der Waals surface area contributed by atoms with E-state index in [0.717, 1.165) is 24.1 Å². The van der Waals surface area contributed by atoms with Gasteiger partial charge in [0.15, 0.2) is 0 Å². The van der Waals surface area contributed by atoms with Crippen LogP contribution in [0, 0.1) is 0 Å². The molecule has 0 amide bonds. The number of nitrogens with one attached hydrogen (secondary N) is 1. The number of hydrogen-bond acceptors (Lipinski definition) is 3. The first kappa shape index (κ1) is 24.7. The predicted molar refractivity (Wildman–Crippen MR) is 137 cm³/mol. The number of ether oxygens (including phenoxy) is 2. The molecular formula is C30H35NO2. The van der Waals surface area contributed by atoms with Gasteiger partial charge in [-0.25, -0.2) is 0 Å². The summed E-state index contributed by atoms with van der Waals surface area (Å²) in [6, 6.07) is 31.0. The zero-order valence-electron chi connectivity index (χ0n) is 19.3. The van der Waals surface area contributed by atoms with E-state index >= 15 is 0 Å². The van der Waals surface area contributed by atoms with Gasteiger partial charge in [0.05, 0.1) is 25.4 Å². The van der Waals surface area contributed by atoms with E-state index in [-0.39, 0.29) is 18.2 Å². The summed E-state index contributed by atoms with van der Waals surface area (Å²) in [6.07, 6.45) is 5.17. The van der Waals surface area contributed by atoms with Crippen molar-refractivity contribution >= 4 is 0 Å². The molecule has 0 unspecified atom stereocenters. The fraction of sp³-hybridized carbons (Fsp3) is 0.267. The standard InChI is InChI=1S/C30H35NO2/c1-3-14-29(31-22-25-15-8-5-9-16-25)30(33-24-27-19-12-7-13-20-27)21-28(4-2)32-23-26-17-10-6-11-18-26/h3-13,15-20,28-31H,1-2,14,21-24H2/t28-,29-,30+/m1/s1. The fourth-order valence-corrected chi connectivity index (χ4v) is 3.76. The van der Waals surface area contributed by atoms with Gasteiger partial charge in [-0.3, -0.25) is 0 Å². The predicted octanol–water partition coefficient (Wildman–Crippen LogP) is 6.47. The minimum absolute atomic E-state index is 0.0642. The zero-order chi connectivity index (χ0) is 23.1. The summed E-state index contributed by atoms with van der Waals surface area (Å²) in [7, 11) is 0. The molecule has 0 aliphatic rings. The molecule has 0 aliphatic heterocycles. The van der Waals surface area contributed by atoms with Crippen molar-refractivity contribution in [3.63, 3.8) is 0 Å². The van der Waals surface area contributed by atoms with Crippen LogP contribution >= 0.6 is 0 Å². The highest BCUT2D eigenvalue weighted by Gasteiger charge is 2.24. The molecule has 33 heavy (non-hydrogen) atoms. The summed E-state index contributed by atoms with van der Waals surface area (Å²) < 4.78 is 12.7. The Hall–Kier alpha value is -2.98. The Morgan fingerprint density at radius 2 is 1.21 bits per heavy atom. The number of rotatable bonds is 15. The first-order valence-electron chi connectivity index (χ1n) is 11.6. The molecule has 0 aliphatic carbocycles. The highest BCUT2D eigenvalue weighted by Crippen LogP contribution is 2.18. The van der Waals surface area contributed by atoms with E-state index in [1.807, 2.05) is 54.6 Å². The topological polar surface area (TPSA) is 30.5 Å². The molecule has 3 heteroatoms. The van der Waals surface area contributed by atoms with Crippen LogP contribution in [0.3, 0.4) is 0 Å². The molecule has 3 aromatic rings. The second kappa shape index (κ2) is 14.2. The maximum absolute atomic E-state index is 6.48. The van der Waals surface area contributed by atoms with Gasteiger partial charge in [0.25, 0.3) is 0 Å². The van der Waals surface area contributed by atoms with Gasteiger partial charge in [-0.1, -0.05) is 103 Å². The average molecular weight is 442 g/mol. The highest BCUT2D eigenvalue weighted by molar-refractivity contribution is 5.16. The Bertz CT molecular complexity index is 927. The van der Waals surface area contributed by atoms with Gasteiger partial charge in [0, 0.05) is 19.0 Å². The minimum atomic E-state index is -0.114. The molecule has 172 valence electrons. The molecule has 0 saturated carbocycles. The molecule has 3 nitrogen and oxygen atoms in total. The van der Waals surface area contributed by atoms with E-state index in [1.54, 1.807) is 0 Å². The smallest absolute Gasteiger partial charge is 0.0783 e. The molecule has 3 rings (SSSR count). The molecular weight excluding hydrogens is 406 g/mol. The molecule has 0 saturated heterocycles. The van der Waals surface area contributed by atoms with Crippen molar-refractivity contribution in [2.45, 2.75) is 50.8 Å². The van der Waals surface area contributed by atoms with Gasteiger partial charge in [0.1, 0.15) is 0 Å². The van der Waals surface area contributed by atoms with Crippen LogP contribution in [0.4, 0.5) is 0 Å². The Balaban J connectivity index is 1.68. The summed E-state index contributed by atoms with van der Waals surface area (Å²) in [6.45, 7) is 9.88. The lowest BCUT2D eigenvalue weighted by Gasteiger charge is -2.30. The summed E-state index contributed by atoms with van der Waals surface area (Å²) >= 11 is 0. The monoisotopic (exact) mass is 441 g/mol. The Labute approximate surface area is 198 Å². The largest absolute Gasteiger partial charge is 0.372 e. The second-order valence-corrected chi connectivity index (χ2v) is 8.14.